The third kappa shape index (κ3) is 5.31. The number of carbonyl (C=O) groups excluding carboxylic acids is 3. The van der Waals surface area contributed by atoms with Gasteiger partial charge in [-0.25, -0.2) is 0 Å². The van der Waals surface area contributed by atoms with Gasteiger partial charge in [0, 0.05) is 30.5 Å². The molecule has 2 rings (SSSR count). The second kappa shape index (κ2) is 10.2. The number of ether oxygens (including phenoxy) is 2. The van der Waals surface area contributed by atoms with Gasteiger partial charge in [-0.05, 0) is 17.7 Å². The van der Waals surface area contributed by atoms with Crippen LogP contribution in [-0.4, -0.2) is 38.9 Å². The molecule has 0 aliphatic rings. The molecule has 2 aromatic rings. The van der Waals surface area contributed by atoms with Gasteiger partial charge in [0.1, 0.15) is 11.7 Å². The lowest BCUT2D eigenvalue weighted by atomic mass is 9.80. The number of rotatable bonds is 9. The largest absolute Gasteiger partial charge is 0.501 e. The number of hydrogen-bond acceptors (Lipinski definition) is 5. The Morgan fingerprint density at radius 3 is 2.03 bits per heavy atom. The number of esters is 1. The quantitative estimate of drug-likeness (QED) is 0.400. The first-order valence-electron chi connectivity index (χ1n) is 9.13. The molecule has 0 bridgehead atoms. The Hall–Kier alpha value is -3.41. The standard InChI is InChI=1S/C23H25NO5/c1-15(28-3)21(23(27)29-4)19(16-8-6-5-7-9-16)14-20(25)17-10-12-18(13-11-17)22(26)24-2/h5-13,19,21H,1,14H2,2-4H3,(H,24,26). The summed E-state index contributed by atoms with van der Waals surface area (Å²) < 4.78 is 10.2. The first-order chi connectivity index (χ1) is 13.9. The van der Waals surface area contributed by atoms with Crippen molar-refractivity contribution in [1.29, 1.82) is 0 Å². The third-order valence-corrected chi connectivity index (χ3v) is 4.80. The summed E-state index contributed by atoms with van der Waals surface area (Å²) in [6, 6.07) is 15.6. The Labute approximate surface area is 170 Å². The molecule has 0 heterocycles. The molecule has 1 N–H and O–H groups in total. The molecule has 6 nitrogen and oxygen atoms in total. The molecule has 2 atom stereocenters. The highest BCUT2D eigenvalue weighted by Crippen LogP contribution is 2.35. The van der Waals surface area contributed by atoms with Crippen LogP contribution < -0.4 is 5.32 Å². The van der Waals surface area contributed by atoms with E-state index in [0.29, 0.717) is 11.1 Å². The van der Waals surface area contributed by atoms with Crippen molar-refractivity contribution < 1.29 is 23.9 Å². The van der Waals surface area contributed by atoms with Crippen molar-refractivity contribution >= 4 is 17.7 Å². The Balaban J connectivity index is 2.36. The van der Waals surface area contributed by atoms with Crippen molar-refractivity contribution in [2.24, 2.45) is 5.92 Å². The summed E-state index contributed by atoms with van der Waals surface area (Å²) in [7, 11) is 4.26. The first kappa shape index (κ1) is 21.9. The lowest BCUT2D eigenvalue weighted by Crippen LogP contribution is -2.28. The topological polar surface area (TPSA) is 81.7 Å². The number of hydrogen-bond donors (Lipinski definition) is 1. The van der Waals surface area contributed by atoms with Crippen molar-refractivity contribution in [1.82, 2.24) is 5.32 Å². The van der Waals surface area contributed by atoms with E-state index in [1.807, 2.05) is 30.3 Å². The number of methoxy groups -OCH3 is 2. The van der Waals surface area contributed by atoms with Crippen molar-refractivity contribution in [2.45, 2.75) is 12.3 Å². The number of benzene rings is 2. The van der Waals surface area contributed by atoms with Gasteiger partial charge >= 0.3 is 5.97 Å². The van der Waals surface area contributed by atoms with Crippen LogP contribution in [-0.2, 0) is 14.3 Å². The molecule has 0 fully saturated rings. The molecular formula is C23H25NO5. The fourth-order valence-corrected chi connectivity index (χ4v) is 3.17. The molecule has 2 aromatic carbocycles. The molecule has 2 unspecified atom stereocenters. The SMILES string of the molecule is C=C(OC)C(C(=O)OC)C(CC(=O)c1ccc(C(=O)NC)cc1)c1ccccc1. The van der Waals surface area contributed by atoms with Gasteiger partial charge in [0.2, 0.25) is 0 Å². The monoisotopic (exact) mass is 395 g/mol. The Morgan fingerprint density at radius 1 is 0.931 bits per heavy atom. The summed E-state index contributed by atoms with van der Waals surface area (Å²) in [5, 5.41) is 2.54. The van der Waals surface area contributed by atoms with Crippen LogP contribution in [0.3, 0.4) is 0 Å². The first-order valence-corrected chi connectivity index (χ1v) is 9.13. The Morgan fingerprint density at radius 2 is 1.52 bits per heavy atom. The molecule has 6 heteroatoms. The number of Topliss-reactive ketones (excluding diaryl/α,β-unsaturated/α-hetero) is 1. The Kier molecular flexibility index (Phi) is 7.71. The minimum Gasteiger partial charge on any atom is -0.501 e. The summed E-state index contributed by atoms with van der Waals surface area (Å²) in [5.74, 6) is -2.03. The highest BCUT2D eigenvalue weighted by molar-refractivity contribution is 5.99. The zero-order valence-corrected chi connectivity index (χ0v) is 16.8. The van der Waals surface area contributed by atoms with Crippen LogP contribution >= 0.6 is 0 Å². The predicted octanol–water partition coefficient (Wildman–Crippen LogP) is 3.35. The lowest BCUT2D eigenvalue weighted by molar-refractivity contribution is -0.146. The summed E-state index contributed by atoms with van der Waals surface area (Å²) in [6.45, 7) is 3.83. The van der Waals surface area contributed by atoms with Gasteiger partial charge in [0.15, 0.2) is 5.78 Å². The number of nitrogens with one attached hydrogen (secondary N) is 1. The fraction of sp³-hybridized carbons (Fsp3) is 0.261. The van der Waals surface area contributed by atoms with Gasteiger partial charge in [-0.1, -0.05) is 49.0 Å². The van der Waals surface area contributed by atoms with Crippen molar-refractivity contribution in [2.75, 3.05) is 21.3 Å². The second-order valence-corrected chi connectivity index (χ2v) is 6.47. The number of amides is 1. The summed E-state index contributed by atoms with van der Waals surface area (Å²) in [5.41, 5.74) is 1.71. The van der Waals surface area contributed by atoms with E-state index in [1.54, 1.807) is 31.3 Å². The van der Waals surface area contributed by atoms with Crippen molar-refractivity contribution in [3.05, 3.63) is 83.6 Å². The molecular weight excluding hydrogens is 370 g/mol. The molecule has 0 saturated carbocycles. The second-order valence-electron chi connectivity index (χ2n) is 6.47. The molecule has 29 heavy (non-hydrogen) atoms. The Bertz CT molecular complexity index is 858. The molecule has 1 amide bonds. The van der Waals surface area contributed by atoms with Gasteiger partial charge in [-0.3, -0.25) is 14.4 Å². The minimum atomic E-state index is -0.832. The maximum atomic E-state index is 13.0. The van der Waals surface area contributed by atoms with Crippen LogP contribution in [0.15, 0.2) is 66.9 Å². The van der Waals surface area contributed by atoms with Gasteiger partial charge in [0.25, 0.3) is 5.91 Å². The minimum absolute atomic E-state index is 0.0471. The maximum absolute atomic E-state index is 13.0. The van der Waals surface area contributed by atoms with Crippen LogP contribution in [0.25, 0.3) is 0 Å². The maximum Gasteiger partial charge on any atom is 0.316 e. The lowest BCUT2D eigenvalue weighted by Gasteiger charge is -2.26. The van der Waals surface area contributed by atoms with E-state index in [2.05, 4.69) is 11.9 Å². The van der Waals surface area contributed by atoms with E-state index >= 15 is 0 Å². The molecule has 0 aliphatic heterocycles. The van der Waals surface area contributed by atoms with Crippen LogP contribution in [0, 0.1) is 5.92 Å². The highest BCUT2D eigenvalue weighted by Gasteiger charge is 2.35. The number of carbonyl (C=O) groups is 3. The van der Waals surface area contributed by atoms with Crippen LogP contribution in [0.4, 0.5) is 0 Å². The summed E-state index contributed by atoms with van der Waals surface area (Å²) in [6.07, 6.45) is 0.0471. The van der Waals surface area contributed by atoms with Gasteiger partial charge in [-0.15, -0.1) is 0 Å². The van der Waals surface area contributed by atoms with E-state index in [0.717, 1.165) is 5.56 Å². The van der Waals surface area contributed by atoms with Crippen molar-refractivity contribution in [3.63, 3.8) is 0 Å². The third-order valence-electron chi connectivity index (χ3n) is 4.80. The smallest absolute Gasteiger partial charge is 0.316 e. The van der Waals surface area contributed by atoms with Gasteiger partial charge in [-0.2, -0.15) is 0 Å². The summed E-state index contributed by atoms with van der Waals surface area (Å²) in [4.78, 5) is 37.2. The summed E-state index contributed by atoms with van der Waals surface area (Å²) >= 11 is 0. The molecule has 0 saturated heterocycles. The van der Waals surface area contributed by atoms with E-state index in [-0.39, 0.29) is 23.9 Å². The van der Waals surface area contributed by atoms with Crippen LogP contribution in [0.1, 0.15) is 38.6 Å². The average molecular weight is 395 g/mol. The normalized spacial score (nSPS) is 12.4. The van der Waals surface area contributed by atoms with Crippen LogP contribution in [0.2, 0.25) is 0 Å². The van der Waals surface area contributed by atoms with E-state index < -0.39 is 17.8 Å². The highest BCUT2D eigenvalue weighted by atomic mass is 16.5. The zero-order valence-electron chi connectivity index (χ0n) is 16.8. The zero-order chi connectivity index (χ0) is 21.4. The van der Waals surface area contributed by atoms with Gasteiger partial charge < -0.3 is 14.8 Å². The molecule has 0 spiro atoms. The fourth-order valence-electron chi connectivity index (χ4n) is 3.17. The molecule has 0 aromatic heterocycles. The van der Waals surface area contributed by atoms with E-state index in [1.165, 1.54) is 14.2 Å². The van der Waals surface area contributed by atoms with Crippen molar-refractivity contribution in [3.8, 4) is 0 Å². The van der Waals surface area contributed by atoms with E-state index in [4.69, 9.17) is 9.47 Å². The van der Waals surface area contributed by atoms with Crippen LogP contribution in [0.5, 0.6) is 0 Å². The average Bonchev–Trinajstić information content (AvgIpc) is 2.78. The van der Waals surface area contributed by atoms with Gasteiger partial charge in [0.05, 0.1) is 14.2 Å². The van der Waals surface area contributed by atoms with E-state index in [9.17, 15) is 14.4 Å². The predicted molar refractivity (Wildman–Crippen MR) is 110 cm³/mol. The number of ketones is 1. The molecule has 0 aliphatic carbocycles. The molecule has 0 radical (unpaired) electrons. The molecule has 152 valence electrons.